The lowest BCUT2D eigenvalue weighted by Crippen LogP contribution is -3.11. The van der Waals surface area contributed by atoms with E-state index in [4.69, 9.17) is 5.11 Å². The Kier molecular flexibility index (Phi) is 4.07. The van der Waals surface area contributed by atoms with E-state index in [0.29, 0.717) is 0 Å². The van der Waals surface area contributed by atoms with Crippen molar-refractivity contribution in [3.8, 4) is 0 Å². The molecular weight excluding hydrogens is 178 g/mol. The fraction of sp³-hybridized carbons (Fsp3) is 0.455. The molecular formula is C11H18NO2+. The number of hydrogen-bond acceptors (Lipinski definition) is 2. The van der Waals surface area contributed by atoms with Gasteiger partial charge in [-0.2, -0.15) is 0 Å². The normalized spacial score (nSPS) is 15.5. The molecule has 3 nitrogen and oxygen atoms in total. The predicted octanol–water partition coefficient (Wildman–Crippen LogP) is -0.775. The quantitative estimate of drug-likeness (QED) is 0.592. The van der Waals surface area contributed by atoms with Gasteiger partial charge in [-0.25, -0.2) is 0 Å². The Morgan fingerprint density at radius 3 is 2.21 bits per heavy atom. The zero-order valence-corrected chi connectivity index (χ0v) is 8.64. The summed E-state index contributed by atoms with van der Waals surface area (Å²) in [6, 6.07) is 9.26. The van der Waals surface area contributed by atoms with Crippen LogP contribution in [0.4, 0.5) is 0 Å². The van der Waals surface area contributed by atoms with Crippen LogP contribution >= 0.6 is 0 Å². The molecule has 2 atom stereocenters. The van der Waals surface area contributed by atoms with Crippen LogP contribution in [-0.2, 0) is 0 Å². The maximum absolute atomic E-state index is 9.97. The van der Waals surface area contributed by atoms with Crippen LogP contribution < -0.4 is 4.90 Å². The third-order valence-electron chi connectivity index (χ3n) is 2.46. The molecule has 3 N–H and O–H groups in total. The van der Waals surface area contributed by atoms with Crippen molar-refractivity contribution in [2.24, 2.45) is 0 Å². The molecule has 0 unspecified atom stereocenters. The van der Waals surface area contributed by atoms with Crippen LogP contribution in [0.15, 0.2) is 30.3 Å². The van der Waals surface area contributed by atoms with Crippen LogP contribution in [0, 0.1) is 0 Å². The minimum Gasteiger partial charge on any atom is -0.390 e. The highest BCUT2D eigenvalue weighted by Gasteiger charge is 2.25. The highest BCUT2D eigenvalue weighted by molar-refractivity contribution is 5.18. The van der Waals surface area contributed by atoms with E-state index in [0.717, 1.165) is 10.5 Å². The third-order valence-corrected chi connectivity index (χ3v) is 2.46. The lowest BCUT2D eigenvalue weighted by Gasteiger charge is -2.24. The number of benzene rings is 1. The summed E-state index contributed by atoms with van der Waals surface area (Å²) in [5.41, 5.74) is 0.854. The highest BCUT2D eigenvalue weighted by atomic mass is 16.3. The lowest BCUT2D eigenvalue weighted by molar-refractivity contribution is -0.891. The molecule has 0 aliphatic heterocycles. The van der Waals surface area contributed by atoms with Crippen LogP contribution in [0.25, 0.3) is 0 Å². The van der Waals surface area contributed by atoms with Gasteiger partial charge in [0.1, 0.15) is 12.1 Å². The van der Waals surface area contributed by atoms with E-state index in [2.05, 4.69) is 0 Å². The van der Waals surface area contributed by atoms with Crippen molar-refractivity contribution in [2.45, 2.75) is 12.1 Å². The monoisotopic (exact) mass is 196 g/mol. The summed E-state index contributed by atoms with van der Waals surface area (Å²) in [7, 11) is 3.85. The second-order valence-electron chi connectivity index (χ2n) is 3.72. The van der Waals surface area contributed by atoms with Gasteiger partial charge in [-0.05, 0) is 5.56 Å². The second kappa shape index (κ2) is 5.10. The molecule has 1 aromatic rings. The van der Waals surface area contributed by atoms with Crippen molar-refractivity contribution in [1.29, 1.82) is 0 Å². The Labute approximate surface area is 84.6 Å². The Morgan fingerprint density at radius 2 is 1.79 bits per heavy atom. The van der Waals surface area contributed by atoms with Crippen molar-refractivity contribution in [2.75, 3.05) is 20.7 Å². The molecule has 0 aliphatic rings. The summed E-state index contributed by atoms with van der Waals surface area (Å²) in [4.78, 5) is 1.05. The van der Waals surface area contributed by atoms with E-state index in [1.165, 1.54) is 0 Å². The van der Waals surface area contributed by atoms with Crippen LogP contribution in [0.2, 0.25) is 0 Å². The number of aliphatic hydroxyl groups excluding tert-OH is 2. The maximum Gasteiger partial charge on any atom is 0.141 e. The first kappa shape index (κ1) is 11.2. The van der Waals surface area contributed by atoms with Gasteiger partial charge in [0.2, 0.25) is 0 Å². The average molecular weight is 196 g/mol. The van der Waals surface area contributed by atoms with Crippen molar-refractivity contribution >= 4 is 0 Å². The summed E-state index contributed by atoms with van der Waals surface area (Å²) in [5.74, 6) is 0. The first-order chi connectivity index (χ1) is 6.66. The largest absolute Gasteiger partial charge is 0.390 e. The second-order valence-corrected chi connectivity index (χ2v) is 3.72. The maximum atomic E-state index is 9.97. The van der Waals surface area contributed by atoms with Crippen molar-refractivity contribution < 1.29 is 15.1 Å². The van der Waals surface area contributed by atoms with E-state index >= 15 is 0 Å². The number of rotatable bonds is 4. The summed E-state index contributed by atoms with van der Waals surface area (Å²) >= 11 is 0. The number of nitrogens with one attached hydrogen (secondary N) is 1. The van der Waals surface area contributed by atoms with E-state index in [1.54, 1.807) is 0 Å². The number of likely N-dealkylation sites (N-methyl/N-ethyl adjacent to an activating group) is 1. The molecule has 3 heteroatoms. The zero-order valence-electron chi connectivity index (χ0n) is 8.64. The van der Waals surface area contributed by atoms with Gasteiger partial charge in [-0.3, -0.25) is 0 Å². The Morgan fingerprint density at radius 1 is 1.21 bits per heavy atom. The minimum absolute atomic E-state index is 0.0155. The molecule has 0 amide bonds. The summed E-state index contributed by atoms with van der Waals surface area (Å²) in [5, 5.41) is 19.1. The smallest absolute Gasteiger partial charge is 0.141 e. The van der Waals surface area contributed by atoms with Crippen LogP contribution in [0.1, 0.15) is 11.7 Å². The molecule has 1 aromatic carbocycles. The first-order valence-corrected chi connectivity index (χ1v) is 4.80. The van der Waals surface area contributed by atoms with Gasteiger partial charge in [0.05, 0.1) is 20.7 Å². The van der Waals surface area contributed by atoms with E-state index in [1.807, 2.05) is 44.4 Å². The van der Waals surface area contributed by atoms with Crippen molar-refractivity contribution in [3.63, 3.8) is 0 Å². The molecule has 0 aliphatic carbocycles. The number of aliphatic hydroxyl groups is 2. The molecule has 78 valence electrons. The van der Waals surface area contributed by atoms with Crippen molar-refractivity contribution in [1.82, 2.24) is 0 Å². The van der Waals surface area contributed by atoms with Gasteiger partial charge in [0.25, 0.3) is 0 Å². The fourth-order valence-electron chi connectivity index (χ4n) is 1.48. The molecule has 0 saturated carbocycles. The molecule has 1 rings (SSSR count). The Hall–Kier alpha value is -0.900. The van der Waals surface area contributed by atoms with Gasteiger partial charge in [0.15, 0.2) is 0 Å². The van der Waals surface area contributed by atoms with E-state index in [-0.39, 0.29) is 12.6 Å². The fourth-order valence-corrected chi connectivity index (χ4v) is 1.48. The Bertz CT molecular complexity index is 261. The molecule has 0 saturated heterocycles. The third kappa shape index (κ3) is 2.54. The van der Waals surface area contributed by atoms with Crippen LogP contribution in [0.3, 0.4) is 0 Å². The van der Waals surface area contributed by atoms with Gasteiger partial charge < -0.3 is 15.1 Å². The zero-order chi connectivity index (χ0) is 10.6. The standard InChI is InChI=1S/C11H17NO2/c1-12(2)10(8-13)11(14)9-6-4-3-5-7-9/h3-7,10-11,13-14H,8H2,1-2H3/p+1/t10-,11-/m0/s1. The lowest BCUT2D eigenvalue weighted by atomic mass is 10.0. The van der Waals surface area contributed by atoms with Gasteiger partial charge >= 0.3 is 0 Å². The molecule has 14 heavy (non-hydrogen) atoms. The molecule has 0 radical (unpaired) electrons. The average Bonchev–Trinajstić information content (AvgIpc) is 2.19. The van der Waals surface area contributed by atoms with E-state index in [9.17, 15) is 5.11 Å². The molecule has 0 spiro atoms. The topological polar surface area (TPSA) is 44.9 Å². The SMILES string of the molecule is C[NH+](C)[C@@H](CO)[C@@H](O)c1ccccc1. The predicted molar refractivity (Wildman–Crippen MR) is 55.1 cm³/mol. The van der Waals surface area contributed by atoms with E-state index < -0.39 is 6.10 Å². The summed E-state index contributed by atoms with van der Waals surface area (Å²) in [6.45, 7) is -0.0155. The van der Waals surface area contributed by atoms with Gasteiger partial charge in [-0.1, -0.05) is 30.3 Å². The molecule has 0 heterocycles. The van der Waals surface area contributed by atoms with Gasteiger partial charge in [-0.15, -0.1) is 0 Å². The van der Waals surface area contributed by atoms with Crippen molar-refractivity contribution in [3.05, 3.63) is 35.9 Å². The molecule has 0 bridgehead atoms. The first-order valence-electron chi connectivity index (χ1n) is 4.80. The van der Waals surface area contributed by atoms with Crippen LogP contribution in [0.5, 0.6) is 0 Å². The highest BCUT2D eigenvalue weighted by Crippen LogP contribution is 2.13. The van der Waals surface area contributed by atoms with Gasteiger partial charge in [0, 0.05) is 0 Å². The summed E-state index contributed by atoms with van der Waals surface area (Å²) in [6.07, 6.45) is -0.605. The number of hydrogen-bond donors (Lipinski definition) is 3. The van der Waals surface area contributed by atoms with Crippen LogP contribution in [-0.4, -0.2) is 37.0 Å². The molecule has 0 fully saturated rings. The summed E-state index contributed by atoms with van der Waals surface area (Å²) < 4.78 is 0. The Balaban J connectivity index is 2.78. The molecule has 0 aromatic heterocycles. The number of quaternary nitrogens is 1. The minimum atomic E-state index is -0.605.